The number of nitrogens with zero attached hydrogens (tertiary/aromatic N) is 4. The van der Waals surface area contributed by atoms with E-state index in [-0.39, 0.29) is 0 Å². The van der Waals surface area contributed by atoms with Crippen molar-refractivity contribution in [1.29, 1.82) is 5.26 Å². The summed E-state index contributed by atoms with van der Waals surface area (Å²) in [5.74, 6) is 0. The maximum atomic E-state index is 8.75. The molecule has 6 rings (SSSR count). The van der Waals surface area contributed by atoms with Gasteiger partial charge in [0.15, 0.2) is 0 Å². The monoisotopic (exact) mass is 519 g/mol. The molecule has 0 atom stereocenters. The molecule has 5 nitrogen and oxygen atoms in total. The highest BCUT2D eigenvalue weighted by Gasteiger charge is 1.98. The van der Waals surface area contributed by atoms with Gasteiger partial charge in [-0.1, -0.05) is 72.8 Å². The van der Waals surface area contributed by atoms with Gasteiger partial charge in [0.1, 0.15) is 6.07 Å². The third-order valence-electron chi connectivity index (χ3n) is 5.38. The van der Waals surface area contributed by atoms with E-state index >= 15 is 0 Å². The van der Waals surface area contributed by atoms with Gasteiger partial charge in [-0.2, -0.15) is 5.26 Å². The highest BCUT2D eigenvalue weighted by molar-refractivity contribution is 9.10. The summed E-state index contributed by atoms with van der Waals surface area (Å²) < 4.78 is 1.05. The lowest BCUT2D eigenvalue weighted by Crippen LogP contribution is -1.97. The number of halogens is 1. The van der Waals surface area contributed by atoms with Crippen molar-refractivity contribution in [3.8, 4) is 6.07 Å². The first kappa shape index (κ1) is 24.0. The smallest absolute Gasteiger partial charge is 0.101 e. The van der Waals surface area contributed by atoms with Gasteiger partial charge in [0.05, 0.1) is 5.56 Å². The topological polar surface area (TPSA) is 88.5 Å². The number of fused-ring (bicyclic) bond motifs is 3. The number of benzene rings is 3. The van der Waals surface area contributed by atoms with E-state index in [1.807, 2.05) is 85.5 Å². The highest BCUT2D eigenvalue weighted by Crippen LogP contribution is 2.21. The Morgan fingerprint density at radius 1 is 0.629 bits per heavy atom. The van der Waals surface area contributed by atoms with Crippen molar-refractivity contribution < 1.29 is 0 Å². The minimum atomic E-state index is 0.550. The number of nitriles is 1. The molecule has 6 aromatic rings. The van der Waals surface area contributed by atoms with Crippen LogP contribution in [0.3, 0.4) is 0 Å². The van der Waals surface area contributed by atoms with Crippen LogP contribution in [0.5, 0.6) is 0 Å². The molecule has 0 spiro atoms. The maximum Gasteiger partial charge on any atom is 0.101 e. The molecule has 0 aliphatic carbocycles. The second-order valence-electron chi connectivity index (χ2n) is 7.59. The molecule has 0 aliphatic rings. The zero-order valence-corrected chi connectivity index (χ0v) is 20.4. The van der Waals surface area contributed by atoms with Gasteiger partial charge in [0.2, 0.25) is 0 Å². The molecule has 0 fully saturated rings. The van der Waals surface area contributed by atoms with Gasteiger partial charge < -0.3 is 5.73 Å². The fourth-order valence-corrected chi connectivity index (χ4v) is 4.11. The molecule has 0 unspecified atom stereocenters. The first-order valence-corrected chi connectivity index (χ1v) is 11.7. The van der Waals surface area contributed by atoms with Gasteiger partial charge in [-0.25, -0.2) is 0 Å². The first-order valence-electron chi connectivity index (χ1n) is 10.9. The van der Waals surface area contributed by atoms with Crippen LogP contribution in [-0.2, 0) is 6.54 Å². The van der Waals surface area contributed by atoms with Crippen LogP contribution in [0.4, 0.5) is 0 Å². The molecule has 0 saturated heterocycles. The minimum Gasteiger partial charge on any atom is -0.326 e. The highest BCUT2D eigenvalue weighted by atomic mass is 79.9. The third kappa shape index (κ3) is 5.85. The third-order valence-corrected chi connectivity index (χ3v) is 6.01. The number of hydrogen-bond donors (Lipinski definition) is 1. The summed E-state index contributed by atoms with van der Waals surface area (Å²) in [5.41, 5.74) is 7.31. The summed E-state index contributed by atoms with van der Waals surface area (Å²) in [6.45, 7) is 0.550. The normalized spacial score (nSPS) is 10.1. The molecule has 0 saturated carbocycles. The first-order chi connectivity index (χ1) is 17.2. The molecular formula is C29H22BrN5. The van der Waals surface area contributed by atoms with Gasteiger partial charge >= 0.3 is 0 Å². The molecule has 3 aromatic carbocycles. The van der Waals surface area contributed by atoms with Crippen LogP contribution in [0.25, 0.3) is 32.3 Å². The summed E-state index contributed by atoms with van der Waals surface area (Å²) >= 11 is 3.43. The van der Waals surface area contributed by atoms with Crippen molar-refractivity contribution in [3.63, 3.8) is 0 Å². The van der Waals surface area contributed by atoms with E-state index in [1.54, 1.807) is 12.4 Å². The Kier molecular flexibility index (Phi) is 8.08. The molecule has 3 heterocycles. The SMILES string of the molecule is Brc1cncc2ccccc12.N#Cc1cncc2ccccc12.NCc1cncc2ccccc12. The average molecular weight is 520 g/mol. The zero-order valence-electron chi connectivity index (χ0n) is 18.8. The molecule has 3 aromatic heterocycles. The number of pyridine rings is 3. The molecule has 0 bridgehead atoms. The molecular weight excluding hydrogens is 498 g/mol. The number of aromatic nitrogens is 3. The van der Waals surface area contributed by atoms with E-state index in [0.717, 1.165) is 26.2 Å². The summed E-state index contributed by atoms with van der Waals surface area (Å²) in [5, 5.41) is 15.5. The summed E-state index contributed by atoms with van der Waals surface area (Å²) in [6, 6.07) is 26.1. The van der Waals surface area contributed by atoms with Gasteiger partial charge in [0.25, 0.3) is 0 Å². The Balaban J connectivity index is 0.000000124. The second-order valence-corrected chi connectivity index (χ2v) is 8.44. The van der Waals surface area contributed by atoms with E-state index in [4.69, 9.17) is 11.0 Å². The molecule has 170 valence electrons. The van der Waals surface area contributed by atoms with Crippen LogP contribution in [0, 0.1) is 11.3 Å². The molecule has 2 N–H and O–H groups in total. The van der Waals surface area contributed by atoms with Gasteiger partial charge in [-0.15, -0.1) is 0 Å². The van der Waals surface area contributed by atoms with Crippen molar-refractivity contribution in [3.05, 3.63) is 126 Å². The lowest BCUT2D eigenvalue weighted by molar-refractivity contribution is 1.07. The van der Waals surface area contributed by atoms with Gasteiger partial charge in [-0.05, 0) is 32.3 Å². The molecule has 0 radical (unpaired) electrons. The Bertz CT molecular complexity index is 1610. The zero-order chi connectivity index (χ0) is 24.5. The van der Waals surface area contributed by atoms with Gasteiger partial charge in [0, 0.05) is 69.7 Å². The van der Waals surface area contributed by atoms with Crippen LogP contribution >= 0.6 is 15.9 Å². The van der Waals surface area contributed by atoms with E-state index in [1.165, 1.54) is 16.2 Å². The van der Waals surface area contributed by atoms with Crippen molar-refractivity contribution in [2.24, 2.45) is 5.73 Å². The minimum absolute atomic E-state index is 0.550. The van der Waals surface area contributed by atoms with Crippen LogP contribution in [-0.4, -0.2) is 15.0 Å². The largest absolute Gasteiger partial charge is 0.326 e. The van der Waals surface area contributed by atoms with E-state index in [2.05, 4.69) is 49.1 Å². The molecule has 0 aliphatic heterocycles. The fourth-order valence-electron chi connectivity index (χ4n) is 3.63. The lowest BCUT2D eigenvalue weighted by atomic mass is 10.1. The Morgan fingerprint density at radius 2 is 1.11 bits per heavy atom. The molecule has 0 amide bonds. The Hall–Kier alpha value is -4.18. The van der Waals surface area contributed by atoms with Crippen molar-refractivity contribution in [1.82, 2.24) is 15.0 Å². The second kappa shape index (κ2) is 11.8. The Labute approximate surface area is 212 Å². The quantitative estimate of drug-likeness (QED) is 0.258. The molecule has 6 heteroatoms. The predicted molar refractivity (Wildman–Crippen MR) is 146 cm³/mol. The van der Waals surface area contributed by atoms with Crippen LogP contribution in [0.15, 0.2) is 114 Å². The number of nitrogens with two attached hydrogens (primary N) is 1. The fraction of sp³-hybridized carbons (Fsp3) is 0.0345. The van der Waals surface area contributed by atoms with Crippen molar-refractivity contribution in [2.75, 3.05) is 0 Å². The Morgan fingerprint density at radius 3 is 1.71 bits per heavy atom. The number of hydrogen-bond acceptors (Lipinski definition) is 5. The average Bonchev–Trinajstić information content (AvgIpc) is 2.93. The summed E-state index contributed by atoms with van der Waals surface area (Å²) in [7, 11) is 0. The number of rotatable bonds is 1. The van der Waals surface area contributed by atoms with Crippen LogP contribution in [0.1, 0.15) is 11.1 Å². The summed E-state index contributed by atoms with van der Waals surface area (Å²) in [4.78, 5) is 12.1. The van der Waals surface area contributed by atoms with Crippen LogP contribution < -0.4 is 5.73 Å². The predicted octanol–water partition coefficient (Wildman–Crippen LogP) is 6.80. The van der Waals surface area contributed by atoms with Crippen molar-refractivity contribution in [2.45, 2.75) is 6.54 Å². The maximum absolute atomic E-state index is 8.75. The standard InChI is InChI=1S/C10H10N2.C10H6N2.C9H6BrN/c2*11-5-9-7-12-6-8-3-1-2-4-10(8)9;10-9-6-11-5-7-3-1-2-4-8(7)9/h1-4,6-7H,5,11H2;1-4,6-7H;1-6H. The van der Waals surface area contributed by atoms with E-state index < -0.39 is 0 Å². The summed E-state index contributed by atoms with van der Waals surface area (Å²) in [6.07, 6.45) is 10.7. The van der Waals surface area contributed by atoms with Crippen molar-refractivity contribution >= 4 is 48.2 Å². The van der Waals surface area contributed by atoms with E-state index in [0.29, 0.717) is 12.1 Å². The van der Waals surface area contributed by atoms with Crippen LogP contribution in [0.2, 0.25) is 0 Å². The van der Waals surface area contributed by atoms with E-state index in [9.17, 15) is 0 Å². The van der Waals surface area contributed by atoms with Gasteiger partial charge in [-0.3, -0.25) is 15.0 Å². The lowest BCUT2D eigenvalue weighted by Gasteiger charge is -2.01. The molecule has 35 heavy (non-hydrogen) atoms.